The highest BCUT2D eigenvalue weighted by Crippen LogP contribution is 2.28. The number of rotatable bonds is 7. The van der Waals surface area contributed by atoms with E-state index in [2.05, 4.69) is 35.5 Å². The Bertz CT molecular complexity index is 1820. The van der Waals surface area contributed by atoms with Crippen molar-refractivity contribution in [1.29, 1.82) is 10.5 Å². The molecule has 3 heterocycles. The van der Waals surface area contributed by atoms with Crippen molar-refractivity contribution in [2.45, 2.75) is 32.0 Å². The van der Waals surface area contributed by atoms with Crippen LogP contribution >= 0.6 is 0 Å². The lowest BCUT2D eigenvalue weighted by Gasteiger charge is -2.42. The molecule has 0 aliphatic carbocycles. The summed E-state index contributed by atoms with van der Waals surface area (Å²) >= 11 is 0. The van der Waals surface area contributed by atoms with Gasteiger partial charge in [0, 0.05) is 51.1 Å². The number of nitrogens with one attached hydrogen (secondary N) is 1. The molecule has 1 fully saturated rings. The lowest BCUT2D eigenvalue weighted by molar-refractivity contribution is 0.263. The molecule has 0 unspecified atom stereocenters. The molecule has 0 bridgehead atoms. The van der Waals surface area contributed by atoms with Gasteiger partial charge in [-0.1, -0.05) is 49.6 Å². The number of nitriles is 2. The second kappa shape index (κ2) is 12.2. The number of likely N-dealkylation sites (N-methyl/N-ethyl adjacent to an activating group) is 1. The van der Waals surface area contributed by atoms with Crippen LogP contribution in [-0.4, -0.2) is 45.1 Å². The summed E-state index contributed by atoms with van der Waals surface area (Å²) in [5.41, 5.74) is 2.65. The first kappa shape index (κ1) is 29.0. The second-order valence-corrected chi connectivity index (χ2v) is 10.8. The summed E-state index contributed by atoms with van der Waals surface area (Å²) in [5, 5.41) is 23.0. The first-order valence-electron chi connectivity index (χ1n) is 14.1. The molecule has 218 valence electrons. The molecular formula is C33H34N8O2. The molecule has 43 heavy (non-hydrogen) atoms. The second-order valence-electron chi connectivity index (χ2n) is 10.8. The van der Waals surface area contributed by atoms with E-state index in [1.165, 1.54) is 13.1 Å². The monoisotopic (exact) mass is 574 g/mol. The van der Waals surface area contributed by atoms with Crippen LogP contribution in [0.15, 0.2) is 101 Å². The molecule has 0 saturated carbocycles. The average molecular weight is 575 g/mol. The molecule has 10 heteroatoms. The summed E-state index contributed by atoms with van der Waals surface area (Å²) in [6.07, 6.45) is 3.68. The number of anilines is 1. The van der Waals surface area contributed by atoms with Crippen LogP contribution in [0.5, 0.6) is 0 Å². The number of benzene rings is 2. The van der Waals surface area contributed by atoms with Gasteiger partial charge in [0.15, 0.2) is 0 Å². The summed E-state index contributed by atoms with van der Waals surface area (Å²) in [5.74, 6) is 2.07. The molecule has 0 spiro atoms. The van der Waals surface area contributed by atoms with Gasteiger partial charge in [0.05, 0.1) is 36.4 Å². The van der Waals surface area contributed by atoms with Gasteiger partial charge >= 0.3 is 5.69 Å². The number of piperidine rings is 1. The van der Waals surface area contributed by atoms with Crippen molar-refractivity contribution < 1.29 is 0 Å². The molecule has 0 radical (unpaired) electrons. The van der Waals surface area contributed by atoms with Gasteiger partial charge in [-0.3, -0.25) is 13.9 Å². The third-order valence-corrected chi connectivity index (χ3v) is 8.13. The van der Waals surface area contributed by atoms with Gasteiger partial charge in [-0.15, -0.1) is 0 Å². The zero-order valence-electron chi connectivity index (χ0n) is 24.5. The smallest absolute Gasteiger partial charge is 0.332 e. The van der Waals surface area contributed by atoms with Crippen LogP contribution < -0.4 is 21.5 Å². The van der Waals surface area contributed by atoms with Crippen molar-refractivity contribution in [3.63, 3.8) is 0 Å². The van der Waals surface area contributed by atoms with E-state index in [1.54, 1.807) is 22.8 Å². The molecule has 2 aromatic carbocycles. The highest BCUT2D eigenvalue weighted by molar-refractivity contribution is 5.43. The molecule has 1 atom stereocenters. The molecule has 10 nitrogen and oxygen atoms in total. The lowest BCUT2D eigenvalue weighted by Crippen LogP contribution is -2.51. The highest BCUT2D eigenvalue weighted by atomic mass is 16.2. The van der Waals surface area contributed by atoms with Gasteiger partial charge < -0.3 is 20.0 Å². The van der Waals surface area contributed by atoms with Crippen LogP contribution in [0.2, 0.25) is 0 Å². The van der Waals surface area contributed by atoms with E-state index in [0.29, 0.717) is 42.1 Å². The van der Waals surface area contributed by atoms with Gasteiger partial charge in [0.25, 0.3) is 5.56 Å². The molecular weight excluding hydrogens is 540 g/mol. The molecule has 2 aliphatic rings. The first-order valence-corrected chi connectivity index (χ1v) is 14.1. The van der Waals surface area contributed by atoms with E-state index >= 15 is 0 Å². The van der Waals surface area contributed by atoms with Crippen molar-refractivity contribution >= 4 is 5.82 Å². The Labute approximate surface area is 250 Å². The van der Waals surface area contributed by atoms with E-state index in [9.17, 15) is 20.1 Å². The first-order chi connectivity index (χ1) is 20.7. The Morgan fingerprint density at radius 1 is 0.953 bits per heavy atom. The fourth-order valence-electron chi connectivity index (χ4n) is 5.57. The summed E-state index contributed by atoms with van der Waals surface area (Å²) in [6.45, 7) is 10.3. The molecule has 1 aromatic heterocycles. The number of aromatic nitrogens is 2. The van der Waals surface area contributed by atoms with Crippen molar-refractivity contribution in [3.05, 3.63) is 134 Å². The minimum Gasteiger partial charge on any atom is -0.367 e. The topological polar surface area (TPSA) is 113 Å². The summed E-state index contributed by atoms with van der Waals surface area (Å²) < 4.78 is 2.67. The summed E-state index contributed by atoms with van der Waals surface area (Å²) in [4.78, 5) is 32.2. The van der Waals surface area contributed by atoms with Crippen LogP contribution in [0, 0.1) is 22.7 Å². The molecule has 5 rings (SSSR count). The van der Waals surface area contributed by atoms with Gasteiger partial charge in [-0.2, -0.15) is 10.5 Å². The van der Waals surface area contributed by atoms with E-state index in [0.717, 1.165) is 40.3 Å². The SMILES string of the molecule is C=C1C=C(N[C@@H]2CCCN(c3cc(=O)n(C)c(=O)n3Cc3ccccc3C#N)C2)N(Cc2ccccc2C#N)C(=C)N1C. The van der Waals surface area contributed by atoms with Gasteiger partial charge in [0.1, 0.15) is 17.5 Å². The van der Waals surface area contributed by atoms with Crippen LogP contribution in [-0.2, 0) is 20.1 Å². The predicted octanol–water partition coefficient (Wildman–Crippen LogP) is 3.17. The van der Waals surface area contributed by atoms with Gasteiger partial charge in [-0.05, 0) is 36.1 Å². The van der Waals surface area contributed by atoms with E-state index in [-0.39, 0.29) is 18.1 Å². The zero-order valence-corrected chi connectivity index (χ0v) is 24.5. The van der Waals surface area contributed by atoms with E-state index in [1.807, 2.05) is 53.3 Å². The van der Waals surface area contributed by atoms with Gasteiger partial charge in [0.2, 0.25) is 0 Å². The Hall–Kier alpha value is -5.48. The minimum atomic E-state index is -0.432. The molecule has 0 amide bonds. The zero-order chi connectivity index (χ0) is 30.7. The van der Waals surface area contributed by atoms with Crippen LogP contribution in [0.4, 0.5) is 5.82 Å². The Morgan fingerprint density at radius 2 is 1.58 bits per heavy atom. The number of allylic oxidation sites excluding steroid dienone is 1. The Kier molecular flexibility index (Phi) is 8.22. The van der Waals surface area contributed by atoms with Crippen molar-refractivity contribution in [2.75, 3.05) is 25.0 Å². The number of hydrogen-bond donors (Lipinski definition) is 1. The van der Waals surface area contributed by atoms with E-state index < -0.39 is 5.69 Å². The van der Waals surface area contributed by atoms with Crippen molar-refractivity contribution in [3.8, 4) is 12.1 Å². The highest BCUT2D eigenvalue weighted by Gasteiger charge is 2.29. The molecule has 2 aliphatic heterocycles. The van der Waals surface area contributed by atoms with E-state index in [4.69, 9.17) is 0 Å². The third kappa shape index (κ3) is 5.81. The Balaban J connectivity index is 1.44. The maximum atomic E-state index is 13.4. The maximum Gasteiger partial charge on any atom is 0.332 e. The van der Waals surface area contributed by atoms with Crippen LogP contribution in [0.1, 0.15) is 35.1 Å². The third-order valence-electron chi connectivity index (χ3n) is 8.13. The normalized spacial score (nSPS) is 16.9. The minimum absolute atomic E-state index is 0.0169. The predicted molar refractivity (Wildman–Crippen MR) is 165 cm³/mol. The van der Waals surface area contributed by atoms with Crippen molar-refractivity contribution in [1.82, 2.24) is 24.3 Å². The standard InChI is InChI=1S/C33H34N8O2/c1-23-16-30(40(24(2)37(23)3)20-27-12-7-5-10-25(27)18-34)36-29-14-9-15-39(22-29)31-17-32(42)38(4)33(43)41(31)21-28-13-8-6-11-26(28)19-35/h5-8,10-13,16-17,29,36H,1-2,9,14-15,20-22H2,3-4H3/t29-/m1/s1. The van der Waals surface area contributed by atoms with Crippen LogP contribution in [0.25, 0.3) is 0 Å². The number of nitrogens with zero attached hydrogens (tertiary/aromatic N) is 7. The maximum absolute atomic E-state index is 13.4. The number of hydrogen-bond acceptors (Lipinski definition) is 8. The summed E-state index contributed by atoms with van der Waals surface area (Å²) in [7, 11) is 3.37. The Morgan fingerprint density at radius 3 is 2.23 bits per heavy atom. The lowest BCUT2D eigenvalue weighted by atomic mass is 10.0. The molecule has 1 saturated heterocycles. The molecule has 1 N–H and O–H groups in total. The van der Waals surface area contributed by atoms with Crippen LogP contribution in [0.3, 0.4) is 0 Å². The average Bonchev–Trinajstić information content (AvgIpc) is 3.02. The fraction of sp³-hybridized carbons (Fsp3) is 0.273. The molecule has 3 aromatic rings. The largest absolute Gasteiger partial charge is 0.367 e. The van der Waals surface area contributed by atoms with Crippen molar-refractivity contribution in [2.24, 2.45) is 7.05 Å². The van der Waals surface area contributed by atoms with Gasteiger partial charge in [-0.25, -0.2) is 4.79 Å². The fourth-order valence-corrected chi connectivity index (χ4v) is 5.57. The summed E-state index contributed by atoms with van der Waals surface area (Å²) in [6, 6.07) is 20.6. The quantitative estimate of drug-likeness (QED) is 0.458.